The van der Waals surface area contributed by atoms with Crippen molar-refractivity contribution in [2.75, 3.05) is 5.75 Å². The maximum absolute atomic E-state index is 12.3. The Labute approximate surface area is 158 Å². The Kier molecular flexibility index (Phi) is 5.23. The van der Waals surface area contributed by atoms with Crippen LogP contribution in [0.2, 0.25) is 0 Å². The fourth-order valence-electron chi connectivity index (χ4n) is 2.20. The number of nitrogens with one attached hydrogen (secondary N) is 1. The molecule has 0 aliphatic carbocycles. The maximum Gasteiger partial charge on any atom is 0.283 e. The molecule has 1 aromatic rings. The fourth-order valence-corrected chi connectivity index (χ4v) is 3.99. The molecule has 0 saturated heterocycles. The Hall–Kier alpha value is -2.46. The average molecular weight is 389 g/mol. The van der Waals surface area contributed by atoms with Crippen molar-refractivity contribution in [2.45, 2.75) is 13.8 Å². The number of aliphatic imine (C=N–C) groups is 1. The van der Waals surface area contributed by atoms with Crippen molar-refractivity contribution in [1.82, 2.24) is 4.90 Å². The highest BCUT2D eigenvalue weighted by molar-refractivity contribution is 8.19. The molecule has 0 radical (unpaired) electrons. The smallest absolute Gasteiger partial charge is 0.283 e. The number of non-ortho nitro benzene ring substituents is 1. The van der Waals surface area contributed by atoms with E-state index in [1.165, 1.54) is 42.1 Å². The zero-order chi connectivity index (χ0) is 18.8. The summed E-state index contributed by atoms with van der Waals surface area (Å²) in [6.45, 7) is 4.19. The van der Waals surface area contributed by atoms with E-state index in [-0.39, 0.29) is 17.1 Å². The summed E-state index contributed by atoms with van der Waals surface area (Å²) in [5.74, 6) is 0.798. The molecule has 26 heavy (non-hydrogen) atoms. The van der Waals surface area contributed by atoms with Gasteiger partial charge in [0, 0.05) is 17.9 Å². The standard InChI is InChI=1S/C16H15N5O3S2/c1-9(2)8-25-16-19-26-15-18-14(22)12(13(17)20(15)16)7-10-3-5-11(6-4-10)21(23)24/h3-7,9,17H,8H2,1-2H3/b12-7-,17-13?. The number of carbonyl (C=O) groups is 1. The van der Waals surface area contributed by atoms with Gasteiger partial charge in [0.25, 0.3) is 11.6 Å². The van der Waals surface area contributed by atoms with Gasteiger partial charge in [-0.15, -0.1) is 0 Å². The van der Waals surface area contributed by atoms with Crippen molar-refractivity contribution in [3.8, 4) is 0 Å². The Morgan fingerprint density at radius 3 is 2.69 bits per heavy atom. The molecule has 2 aliphatic rings. The van der Waals surface area contributed by atoms with Crippen molar-refractivity contribution >= 4 is 57.6 Å². The van der Waals surface area contributed by atoms with Gasteiger partial charge in [-0.25, -0.2) is 4.90 Å². The van der Waals surface area contributed by atoms with Crippen LogP contribution in [0.1, 0.15) is 19.4 Å². The molecule has 1 amide bonds. The van der Waals surface area contributed by atoms with Crippen molar-refractivity contribution in [3.63, 3.8) is 0 Å². The van der Waals surface area contributed by atoms with Crippen molar-refractivity contribution < 1.29 is 9.72 Å². The zero-order valence-corrected chi connectivity index (χ0v) is 15.6. The van der Waals surface area contributed by atoms with Gasteiger partial charge in [0.1, 0.15) is 5.84 Å². The van der Waals surface area contributed by atoms with E-state index in [4.69, 9.17) is 5.41 Å². The summed E-state index contributed by atoms with van der Waals surface area (Å²) < 4.78 is 4.31. The number of carbonyl (C=O) groups excluding carboxylic acids is 1. The topological polar surface area (TPSA) is 112 Å². The molecular formula is C16H15N5O3S2. The van der Waals surface area contributed by atoms with Crippen LogP contribution in [0.4, 0.5) is 5.69 Å². The van der Waals surface area contributed by atoms with Gasteiger partial charge in [0.05, 0.1) is 22.4 Å². The van der Waals surface area contributed by atoms with E-state index in [2.05, 4.69) is 23.2 Å². The number of fused-ring (bicyclic) bond motifs is 1. The van der Waals surface area contributed by atoms with Crippen LogP contribution in [0, 0.1) is 21.4 Å². The number of amides is 1. The van der Waals surface area contributed by atoms with Gasteiger partial charge in [-0.2, -0.15) is 9.39 Å². The lowest BCUT2D eigenvalue weighted by Gasteiger charge is -2.24. The van der Waals surface area contributed by atoms with Crippen molar-refractivity contribution in [2.24, 2.45) is 15.3 Å². The molecule has 0 saturated carbocycles. The Morgan fingerprint density at radius 1 is 1.38 bits per heavy atom. The van der Waals surface area contributed by atoms with Crippen LogP contribution in [-0.2, 0) is 4.79 Å². The van der Waals surface area contributed by atoms with Gasteiger partial charge in [-0.05, 0) is 29.7 Å². The second kappa shape index (κ2) is 7.42. The monoisotopic (exact) mass is 389 g/mol. The molecule has 10 heteroatoms. The molecule has 2 aliphatic heterocycles. The van der Waals surface area contributed by atoms with Crippen molar-refractivity contribution in [3.05, 3.63) is 45.5 Å². The molecule has 0 bridgehead atoms. The third-order valence-electron chi connectivity index (χ3n) is 3.45. The van der Waals surface area contributed by atoms with Crippen LogP contribution in [0.5, 0.6) is 0 Å². The number of hydrogen-bond donors (Lipinski definition) is 1. The molecule has 1 aromatic carbocycles. The number of amidine groups is 3. The van der Waals surface area contributed by atoms with E-state index >= 15 is 0 Å². The quantitative estimate of drug-likeness (QED) is 0.365. The normalized spacial score (nSPS) is 18.3. The number of hydrogen-bond acceptors (Lipinski definition) is 7. The molecule has 134 valence electrons. The first-order valence-electron chi connectivity index (χ1n) is 7.73. The van der Waals surface area contributed by atoms with Crippen LogP contribution >= 0.6 is 23.7 Å². The highest BCUT2D eigenvalue weighted by Gasteiger charge is 2.37. The molecule has 1 N–H and O–H groups in total. The van der Waals surface area contributed by atoms with Crippen molar-refractivity contribution in [1.29, 1.82) is 5.41 Å². The molecule has 0 spiro atoms. The van der Waals surface area contributed by atoms with Gasteiger partial charge in [0.2, 0.25) is 5.17 Å². The molecule has 0 aromatic heterocycles. The highest BCUT2D eigenvalue weighted by Crippen LogP contribution is 2.32. The second-order valence-corrected chi connectivity index (χ2v) is 7.68. The summed E-state index contributed by atoms with van der Waals surface area (Å²) >= 11 is 2.60. The molecule has 0 unspecified atom stereocenters. The summed E-state index contributed by atoms with van der Waals surface area (Å²) in [7, 11) is 0. The fraction of sp³-hybridized carbons (Fsp3) is 0.250. The first-order chi connectivity index (χ1) is 12.4. The summed E-state index contributed by atoms with van der Waals surface area (Å²) in [6.07, 6.45) is 1.52. The predicted octanol–water partition coefficient (Wildman–Crippen LogP) is 3.56. The SMILES string of the molecule is CC(C)CSC1=NSC2=NC(=O)/C(=C\c3ccc([N+](=O)[O-])cc3)C(=N)N12. The van der Waals surface area contributed by atoms with Crippen LogP contribution in [0.3, 0.4) is 0 Å². The Balaban J connectivity index is 1.87. The summed E-state index contributed by atoms with van der Waals surface area (Å²) in [5, 5.41) is 20.2. The lowest BCUT2D eigenvalue weighted by molar-refractivity contribution is -0.384. The largest absolute Gasteiger partial charge is 0.283 e. The van der Waals surface area contributed by atoms with Gasteiger partial charge in [-0.3, -0.25) is 20.3 Å². The zero-order valence-electron chi connectivity index (χ0n) is 14.0. The molecule has 8 nitrogen and oxygen atoms in total. The van der Waals surface area contributed by atoms with E-state index in [9.17, 15) is 14.9 Å². The number of benzene rings is 1. The minimum absolute atomic E-state index is 0.0124. The highest BCUT2D eigenvalue weighted by atomic mass is 32.2. The van der Waals surface area contributed by atoms with E-state index in [1.54, 1.807) is 4.90 Å². The molecular weight excluding hydrogens is 374 g/mol. The van der Waals surface area contributed by atoms with Crippen LogP contribution in [0.25, 0.3) is 6.08 Å². The third kappa shape index (κ3) is 3.70. The average Bonchev–Trinajstić information content (AvgIpc) is 3.00. The van der Waals surface area contributed by atoms with E-state index in [1.807, 2.05) is 0 Å². The molecule has 0 fully saturated rings. The van der Waals surface area contributed by atoms with E-state index in [0.29, 0.717) is 21.8 Å². The maximum atomic E-state index is 12.3. The number of nitrogens with zero attached hydrogens (tertiary/aromatic N) is 4. The molecule has 0 atom stereocenters. The van der Waals surface area contributed by atoms with Crippen LogP contribution < -0.4 is 0 Å². The van der Waals surface area contributed by atoms with Gasteiger partial charge in [0.15, 0.2) is 5.17 Å². The first kappa shape index (κ1) is 18.3. The lowest BCUT2D eigenvalue weighted by Crippen LogP contribution is -2.41. The number of nitro benzene ring substituents is 1. The van der Waals surface area contributed by atoms with Gasteiger partial charge >= 0.3 is 0 Å². The summed E-state index contributed by atoms with van der Waals surface area (Å²) in [5.41, 5.74) is 0.679. The molecule has 2 heterocycles. The van der Waals surface area contributed by atoms with Gasteiger partial charge in [-0.1, -0.05) is 25.6 Å². The molecule has 3 rings (SSSR count). The summed E-state index contributed by atoms with van der Waals surface area (Å²) in [4.78, 5) is 28.1. The third-order valence-corrected chi connectivity index (χ3v) is 5.64. The lowest BCUT2D eigenvalue weighted by atomic mass is 10.1. The second-order valence-electron chi connectivity index (χ2n) is 5.96. The van der Waals surface area contributed by atoms with Gasteiger partial charge < -0.3 is 0 Å². The Bertz CT molecular complexity index is 874. The van der Waals surface area contributed by atoms with Crippen LogP contribution in [-0.4, -0.2) is 37.7 Å². The minimum atomic E-state index is -0.516. The number of rotatable bonds is 4. The minimum Gasteiger partial charge on any atom is -0.283 e. The summed E-state index contributed by atoms with van der Waals surface area (Å²) in [6, 6.07) is 5.78. The predicted molar refractivity (Wildman–Crippen MR) is 105 cm³/mol. The van der Waals surface area contributed by atoms with Crippen LogP contribution in [0.15, 0.2) is 39.2 Å². The Morgan fingerprint density at radius 2 is 2.08 bits per heavy atom. The first-order valence-corrected chi connectivity index (χ1v) is 9.48. The van der Waals surface area contributed by atoms with E-state index in [0.717, 1.165) is 17.7 Å². The van der Waals surface area contributed by atoms with E-state index < -0.39 is 10.8 Å². The number of thioether (sulfide) groups is 1. The number of nitro groups is 1.